The maximum Gasteiger partial charge on any atom is 0.335 e. The van der Waals surface area contributed by atoms with Crippen LogP contribution in [0.25, 0.3) is 0 Å². The fraction of sp³-hybridized carbons (Fsp3) is 0.417. The fourth-order valence-electron chi connectivity index (χ4n) is 1.61. The second-order valence-electron chi connectivity index (χ2n) is 4.34. The maximum absolute atomic E-state index is 12.5. The van der Waals surface area contributed by atoms with Crippen molar-refractivity contribution < 1.29 is 18.3 Å². The number of aromatic carboxylic acids is 1. The zero-order valence-corrected chi connectivity index (χ0v) is 13.9. The first-order valence-electron chi connectivity index (χ1n) is 5.86. The SMILES string of the molecule is CNCCN(C)S(=O)(=O)c1cc(C(=O)O)cc(C)c1Br. The van der Waals surface area contributed by atoms with Crippen LogP contribution >= 0.6 is 15.9 Å². The summed E-state index contributed by atoms with van der Waals surface area (Å²) in [5, 5.41) is 11.9. The van der Waals surface area contributed by atoms with Crippen LogP contribution in [0.15, 0.2) is 21.5 Å². The fourth-order valence-corrected chi connectivity index (χ4v) is 3.78. The third-order valence-electron chi connectivity index (χ3n) is 2.83. The normalized spacial score (nSPS) is 11.8. The van der Waals surface area contributed by atoms with E-state index in [1.807, 2.05) is 0 Å². The molecule has 0 aliphatic rings. The quantitative estimate of drug-likeness (QED) is 0.794. The number of hydrogen-bond acceptors (Lipinski definition) is 4. The average molecular weight is 365 g/mol. The van der Waals surface area contributed by atoms with Crippen molar-refractivity contribution in [2.45, 2.75) is 11.8 Å². The van der Waals surface area contributed by atoms with Gasteiger partial charge in [-0.1, -0.05) is 0 Å². The Morgan fingerprint density at radius 2 is 2.05 bits per heavy atom. The van der Waals surface area contributed by atoms with E-state index in [0.29, 0.717) is 23.1 Å². The third kappa shape index (κ3) is 3.57. The first-order valence-corrected chi connectivity index (χ1v) is 8.09. The molecule has 0 spiro atoms. The summed E-state index contributed by atoms with van der Waals surface area (Å²) in [6.45, 7) is 2.45. The number of carboxylic acid groups (broad SMARTS) is 1. The molecule has 1 aromatic carbocycles. The highest BCUT2D eigenvalue weighted by Gasteiger charge is 2.25. The van der Waals surface area contributed by atoms with Gasteiger partial charge < -0.3 is 10.4 Å². The van der Waals surface area contributed by atoms with E-state index in [1.54, 1.807) is 14.0 Å². The van der Waals surface area contributed by atoms with Crippen LogP contribution in [0.5, 0.6) is 0 Å². The summed E-state index contributed by atoms with van der Waals surface area (Å²) in [4.78, 5) is 11.0. The molecule has 0 saturated carbocycles. The minimum atomic E-state index is -3.74. The van der Waals surface area contributed by atoms with E-state index in [1.165, 1.54) is 23.5 Å². The lowest BCUT2D eigenvalue weighted by atomic mass is 10.1. The minimum Gasteiger partial charge on any atom is -0.478 e. The van der Waals surface area contributed by atoms with Crippen LogP contribution in [0.1, 0.15) is 15.9 Å². The maximum atomic E-state index is 12.5. The zero-order chi connectivity index (χ0) is 15.5. The van der Waals surface area contributed by atoms with Crippen LogP contribution in [-0.2, 0) is 10.0 Å². The van der Waals surface area contributed by atoms with E-state index in [4.69, 9.17) is 5.11 Å². The van der Waals surface area contributed by atoms with Crippen LogP contribution in [-0.4, -0.2) is 51.0 Å². The first kappa shape index (κ1) is 17.1. The van der Waals surface area contributed by atoms with Gasteiger partial charge in [0.1, 0.15) is 0 Å². The lowest BCUT2D eigenvalue weighted by molar-refractivity contribution is 0.0696. The van der Waals surface area contributed by atoms with Gasteiger partial charge in [0.25, 0.3) is 0 Å². The summed E-state index contributed by atoms with van der Waals surface area (Å²) in [5.74, 6) is -1.16. The molecule has 0 saturated heterocycles. The number of rotatable bonds is 6. The molecule has 0 fully saturated rings. The second kappa shape index (κ2) is 6.66. The van der Waals surface area contributed by atoms with Crippen molar-refractivity contribution in [2.24, 2.45) is 0 Å². The number of aryl methyl sites for hydroxylation is 1. The molecule has 0 heterocycles. The summed E-state index contributed by atoms with van der Waals surface area (Å²) in [6.07, 6.45) is 0. The molecule has 112 valence electrons. The Hall–Kier alpha value is -0.960. The Kier molecular flexibility index (Phi) is 5.69. The Morgan fingerprint density at radius 3 is 2.55 bits per heavy atom. The molecule has 1 aromatic rings. The third-order valence-corrected chi connectivity index (χ3v) is 6.03. The van der Waals surface area contributed by atoms with Gasteiger partial charge in [-0.3, -0.25) is 0 Å². The molecule has 0 aliphatic heterocycles. The Morgan fingerprint density at radius 1 is 1.45 bits per heavy atom. The van der Waals surface area contributed by atoms with E-state index in [9.17, 15) is 13.2 Å². The largest absolute Gasteiger partial charge is 0.478 e. The van der Waals surface area contributed by atoms with Crippen molar-refractivity contribution in [3.05, 3.63) is 27.7 Å². The van der Waals surface area contributed by atoms with Gasteiger partial charge in [0.05, 0.1) is 10.5 Å². The Labute approximate surface area is 127 Å². The van der Waals surface area contributed by atoms with Crippen molar-refractivity contribution in [3.8, 4) is 0 Å². The molecule has 2 N–H and O–H groups in total. The number of likely N-dealkylation sites (N-methyl/N-ethyl adjacent to an activating group) is 2. The molecule has 0 bridgehead atoms. The van der Waals surface area contributed by atoms with Gasteiger partial charge in [-0.15, -0.1) is 0 Å². The topological polar surface area (TPSA) is 86.7 Å². The van der Waals surface area contributed by atoms with Gasteiger partial charge in [0.15, 0.2) is 0 Å². The molecule has 0 aliphatic carbocycles. The molecule has 0 aromatic heterocycles. The molecule has 1 rings (SSSR count). The smallest absolute Gasteiger partial charge is 0.335 e. The van der Waals surface area contributed by atoms with Gasteiger partial charge in [0, 0.05) is 24.6 Å². The van der Waals surface area contributed by atoms with Gasteiger partial charge in [-0.25, -0.2) is 13.2 Å². The Balaban J connectivity index is 3.34. The lowest BCUT2D eigenvalue weighted by Crippen LogP contribution is -2.33. The highest BCUT2D eigenvalue weighted by molar-refractivity contribution is 9.10. The first-order chi connectivity index (χ1) is 9.21. The van der Waals surface area contributed by atoms with Gasteiger partial charge in [-0.05, 0) is 47.6 Å². The number of nitrogens with one attached hydrogen (secondary N) is 1. The summed E-state index contributed by atoms with van der Waals surface area (Å²) < 4.78 is 26.5. The van der Waals surface area contributed by atoms with Crippen molar-refractivity contribution in [3.63, 3.8) is 0 Å². The number of benzene rings is 1. The standard InChI is InChI=1S/C12H17BrN2O4S/c1-8-6-9(12(16)17)7-10(11(8)13)20(18,19)15(3)5-4-14-2/h6-7,14H,4-5H2,1-3H3,(H,16,17). The summed E-state index contributed by atoms with van der Waals surface area (Å²) in [6, 6.07) is 2.60. The summed E-state index contributed by atoms with van der Waals surface area (Å²) in [7, 11) is -0.549. The molecule has 0 unspecified atom stereocenters. The molecule has 0 amide bonds. The van der Waals surface area contributed by atoms with E-state index < -0.39 is 16.0 Å². The molecule has 6 nitrogen and oxygen atoms in total. The number of hydrogen-bond donors (Lipinski definition) is 2. The van der Waals surface area contributed by atoms with Crippen molar-refractivity contribution in [1.29, 1.82) is 0 Å². The van der Waals surface area contributed by atoms with E-state index in [-0.39, 0.29) is 10.5 Å². The highest BCUT2D eigenvalue weighted by Crippen LogP contribution is 2.29. The predicted octanol–water partition coefficient (Wildman–Crippen LogP) is 1.30. The van der Waals surface area contributed by atoms with Crippen LogP contribution in [0.3, 0.4) is 0 Å². The molecule has 0 atom stereocenters. The van der Waals surface area contributed by atoms with E-state index in [2.05, 4.69) is 21.2 Å². The summed E-state index contributed by atoms with van der Waals surface area (Å²) in [5.41, 5.74) is 0.511. The number of halogens is 1. The van der Waals surface area contributed by atoms with E-state index >= 15 is 0 Å². The Bertz CT molecular complexity index is 616. The minimum absolute atomic E-state index is 0.0338. The molecule has 8 heteroatoms. The van der Waals surface area contributed by atoms with Crippen molar-refractivity contribution in [1.82, 2.24) is 9.62 Å². The molecule has 0 radical (unpaired) electrons. The van der Waals surface area contributed by atoms with Crippen LogP contribution in [0.4, 0.5) is 0 Å². The lowest BCUT2D eigenvalue weighted by Gasteiger charge is -2.19. The van der Waals surface area contributed by atoms with Crippen molar-refractivity contribution in [2.75, 3.05) is 27.2 Å². The highest BCUT2D eigenvalue weighted by atomic mass is 79.9. The van der Waals surface area contributed by atoms with Crippen molar-refractivity contribution >= 4 is 31.9 Å². The summed E-state index contributed by atoms with van der Waals surface area (Å²) >= 11 is 3.22. The second-order valence-corrected chi connectivity index (χ2v) is 7.15. The van der Waals surface area contributed by atoms with Gasteiger partial charge in [0.2, 0.25) is 10.0 Å². The van der Waals surface area contributed by atoms with Crippen LogP contribution in [0, 0.1) is 6.92 Å². The van der Waals surface area contributed by atoms with Crippen LogP contribution < -0.4 is 5.32 Å². The van der Waals surface area contributed by atoms with Crippen LogP contribution in [0.2, 0.25) is 0 Å². The predicted molar refractivity (Wildman–Crippen MR) is 79.6 cm³/mol. The molecular formula is C12H17BrN2O4S. The van der Waals surface area contributed by atoms with E-state index in [0.717, 1.165) is 0 Å². The monoisotopic (exact) mass is 364 g/mol. The number of nitrogens with zero attached hydrogens (tertiary/aromatic N) is 1. The molecular weight excluding hydrogens is 348 g/mol. The zero-order valence-electron chi connectivity index (χ0n) is 11.5. The number of carboxylic acids is 1. The number of sulfonamides is 1. The molecule has 20 heavy (non-hydrogen) atoms. The average Bonchev–Trinajstić information content (AvgIpc) is 2.38. The number of carbonyl (C=O) groups is 1. The van der Waals surface area contributed by atoms with Gasteiger partial charge in [-0.2, -0.15) is 4.31 Å². The van der Waals surface area contributed by atoms with Gasteiger partial charge >= 0.3 is 5.97 Å².